The van der Waals surface area contributed by atoms with Gasteiger partial charge in [0.2, 0.25) is 0 Å². The predicted octanol–water partition coefficient (Wildman–Crippen LogP) is 4.71. The summed E-state index contributed by atoms with van der Waals surface area (Å²) < 4.78 is 7.57. The lowest BCUT2D eigenvalue weighted by Crippen LogP contribution is -2.05. The van der Waals surface area contributed by atoms with E-state index in [9.17, 15) is 5.11 Å². The number of imidazole rings is 1. The Morgan fingerprint density at radius 2 is 1.92 bits per heavy atom. The third kappa shape index (κ3) is 3.24. The average Bonchev–Trinajstić information content (AvgIpc) is 3.35. The van der Waals surface area contributed by atoms with Crippen molar-refractivity contribution in [1.82, 2.24) is 14.7 Å². The summed E-state index contributed by atoms with van der Waals surface area (Å²) in [6.45, 7) is 2.17. The molecule has 0 fully saturated rings. The van der Waals surface area contributed by atoms with Crippen molar-refractivity contribution in [3.63, 3.8) is 0 Å². The van der Waals surface area contributed by atoms with Gasteiger partial charge in [0, 0.05) is 35.6 Å². The van der Waals surface area contributed by atoms with Gasteiger partial charge in [0.15, 0.2) is 5.76 Å². The topological polar surface area (TPSA) is 64.1 Å². The Morgan fingerprint density at radius 3 is 2.65 bits per heavy atom. The average molecular weight is 345 g/mol. The van der Waals surface area contributed by atoms with Crippen LogP contribution >= 0.6 is 0 Å². The van der Waals surface area contributed by atoms with Crippen molar-refractivity contribution in [3.8, 4) is 28.3 Å². The highest BCUT2D eigenvalue weighted by Gasteiger charge is 2.12. The van der Waals surface area contributed by atoms with E-state index in [0.717, 1.165) is 12.0 Å². The molecule has 0 bridgehead atoms. The summed E-state index contributed by atoms with van der Waals surface area (Å²) in [6, 6.07) is 17.6. The molecule has 4 aromatic rings. The molecule has 0 aliphatic rings. The lowest BCUT2D eigenvalue weighted by Gasteiger charge is -2.13. The Hall–Kier alpha value is -3.34. The highest BCUT2D eigenvalue weighted by molar-refractivity contribution is 5.70. The molecule has 0 radical (unpaired) electrons. The first kappa shape index (κ1) is 16.1. The molecule has 5 heteroatoms. The minimum absolute atomic E-state index is 0.191. The van der Waals surface area contributed by atoms with Crippen LogP contribution in [0.15, 0.2) is 77.8 Å². The Labute approximate surface area is 151 Å². The SMILES string of the molecule is CC(Cc1ccc(-c2cc(-c3ccccc3O)no2)cc1)n1ccnc1. The fourth-order valence-electron chi connectivity index (χ4n) is 3.01. The summed E-state index contributed by atoms with van der Waals surface area (Å²) >= 11 is 0. The molecular formula is C21H19N3O2. The Balaban J connectivity index is 1.52. The van der Waals surface area contributed by atoms with Gasteiger partial charge in [-0.3, -0.25) is 0 Å². The Kier molecular flexibility index (Phi) is 4.27. The largest absolute Gasteiger partial charge is 0.507 e. The fourth-order valence-corrected chi connectivity index (χ4v) is 3.01. The van der Waals surface area contributed by atoms with Crippen molar-refractivity contribution in [1.29, 1.82) is 0 Å². The zero-order valence-electron chi connectivity index (χ0n) is 14.4. The molecule has 130 valence electrons. The molecule has 0 saturated heterocycles. The highest BCUT2D eigenvalue weighted by Crippen LogP contribution is 2.31. The van der Waals surface area contributed by atoms with Crippen LogP contribution in [0.3, 0.4) is 0 Å². The second-order valence-electron chi connectivity index (χ2n) is 6.35. The molecule has 1 atom stereocenters. The van der Waals surface area contributed by atoms with E-state index in [0.29, 0.717) is 23.1 Å². The molecule has 0 spiro atoms. The van der Waals surface area contributed by atoms with Crippen LogP contribution < -0.4 is 0 Å². The maximum atomic E-state index is 9.95. The van der Waals surface area contributed by atoms with Crippen molar-refractivity contribution in [2.24, 2.45) is 0 Å². The number of phenols is 1. The lowest BCUT2D eigenvalue weighted by molar-refractivity contribution is 0.433. The van der Waals surface area contributed by atoms with Gasteiger partial charge in [-0.05, 0) is 31.0 Å². The number of para-hydroxylation sites is 1. The number of phenolic OH excluding ortho intramolecular Hbond substituents is 1. The monoisotopic (exact) mass is 345 g/mol. The smallest absolute Gasteiger partial charge is 0.167 e. The number of aromatic nitrogens is 3. The first-order valence-electron chi connectivity index (χ1n) is 8.52. The van der Waals surface area contributed by atoms with Crippen LogP contribution in [0.4, 0.5) is 0 Å². The Bertz CT molecular complexity index is 988. The van der Waals surface area contributed by atoms with Crippen molar-refractivity contribution >= 4 is 0 Å². The van der Waals surface area contributed by atoms with Gasteiger partial charge in [0.05, 0.1) is 6.33 Å². The summed E-state index contributed by atoms with van der Waals surface area (Å²) in [6.07, 6.45) is 6.55. The summed E-state index contributed by atoms with van der Waals surface area (Å²) in [5.41, 5.74) is 3.48. The highest BCUT2D eigenvalue weighted by atomic mass is 16.5. The fraction of sp³-hybridized carbons (Fsp3) is 0.143. The minimum Gasteiger partial charge on any atom is -0.507 e. The molecule has 2 heterocycles. The summed E-state index contributed by atoms with van der Waals surface area (Å²) in [7, 11) is 0. The van der Waals surface area contributed by atoms with Crippen molar-refractivity contribution in [2.75, 3.05) is 0 Å². The Morgan fingerprint density at radius 1 is 1.12 bits per heavy atom. The van der Waals surface area contributed by atoms with E-state index in [1.54, 1.807) is 18.3 Å². The molecule has 0 aliphatic heterocycles. The number of aromatic hydroxyl groups is 1. The van der Waals surface area contributed by atoms with Crippen molar-refractivity contribution < 1.29 is 9.63 Å². The van der Waals surface area contributed by atoms with Gasteiger partial charge in [-0.1, -0.05) is 41.6 Å². The lowest BCUT2D eigenvalue weighted by atomic mass is 10.0. The number of hydrogen-bond donors (Lipinski definition) is 1. The molecule has 0 amide bonds. The molecule has 5 nitrogen and oxygen atoms in total. The molecule has 0 aliphatic carbocycles. The summed E-state index contributed by atoms with van der Waals surface area (Å²) in [5.74, 6) is 0.869. The molecule has 4 rings (SSSR count). The first-order chi connectivity index (χ1) is 12.7. The van der Waals surface area contributed by atoms with Gasteiger partial charge in [-0.25, -0.2) is 4.98 Å². The van der Waals surface area contributed by atoms with E-state index in [1.165, 1.54) is 5.56 Å². The second-order valence-corrected chi connectivity index (χ2v) is 6.35. The maximum absolute atomic E-state index is 9.95. The van der Waals surface area contributed by atoms with Crippen LogP contribution in [0.1, 0.15) is 18.5 Å². The third-order valence-electron chi connectivity index (χ3n) is 4.49. The second kappa shape index (κ2) is 6.88. The van der Waals surface area contributed by atoms with E-state index in [-0.39, 0.29) is 5.75 Å². The van der Waals surface area contributed by atoms with E-state index in [1.807, 2.05) is 42.9 Å². The van der Waals surface area contributed by atoms with Crippen LogP contribution in [-0.4, -0.2) is 19.8 Å². The van der Waals surface area contributed by atoms with Gasteiger partial charge in [0.25, 0.3) is 0 Å². The standard InChI is InChI=1S/C21H19N3O2/c1-15(24-11-10-22-14-24)12-16-6-8-17(9-7-16)21-13-19(23-26-21)18-4-2-3-5-20(18)25/h2-11,13-15,25H,12H2,1H3. The van der Waals surface area contributed by atoms with E-state index < -0.39 is 0 Å². The zero-order chi connectivity index (χ0) is 17.9. The number of hydrogen-bond acceptors (Lipinski definition) is 4. The van der Waals surface area contributed by atoms with E-state index >= 15 is 0 Å². The molecule has 2 aromatic heterocycles. The van der Waals surface area contributed by atoms with E-state index in [4.69, 9.17) is 4.52 Å². The first-order valence-corrected chi connectivity index (χ1v) is 8.52. The molecule has 1 N–H and O–H groups in total. The van der Waals surface area contributed by atoms with E-state index in [2.05, 4.69) is 33.8 Å². The molecule has 2 aromatic carbocycles. The zero-order valence-corrected chi connectivity index (χ0v) is 14.4. The van der Waals surface area contributed by atoms with Crippen LogP contribution in [0.5, 0.6) is 5.75 Å². The molecule has 1 unspecified atom stereocenters. The molecular weight excluding hydrogens is 326 g/mol. The summed E-state index contributed by atoms with van der Waals surface area (Å²) in [5, 5.41) is 14.0. The van der Waals surface area contributed by atoms with Gasteiger partial charge in [0.1, 0.15) is 11.4 Å². The molecule has 0 saturated carbocycles. The van der Waals surface area contributed by atoms with Crippen molar-refractivity contribution in [3.05, 3.63) is 78.9 Å². The quantitative estimate of drug-likeness (QED) is 0.569. The number of nitrogens with zero attached hydrogens (tertiary/aromatic N) is 3. The normalized spacial score (nSPS) is 12.2. The maximum Gasteiger partial charge on any atom is 0.167 e. The number of rotatable bonds is 5. The van der Waals surface area contributed by atoms with Crippen LogP contribution in [0, 0.1) is 0 Å². The van der Waals surface area contributed by atoms with Gasteiger partial charge in [-0.15, -0.1) is 0 Å². The number of benzene rings is 2. The van der Waals surface area contributed by atoms with Crippen LogP contribution in [0.2, 0.25) is 0 Å². The van der Waals surface area contributed by atoms with Gasteiger partial charge < -0.3 is 14.2 Å². The van der Waals surface area contributed by atoms with Crippen LogP contribution in [0.25, 0.3) is 22.6 Å². The van der Waals surface area contributed by atoms with Crippen molar-refractivity contribution in [2.45, 2.75) is 19.4 Å². The van der Waals surface area contributed by atoms with Crippen LogP contribution in [-0.2, 0) is 6.42 Å². The minimum atomic E-state index is 0.191. The van der Waals surface area contributed by atoms with Gasteiger partial charge in [-0.2, -0.15) is 0 Å². The summed E-state index contributed by atoms with van der Waals surface area (Å²) in [4.78, 5) is 4.10. The third-order valence-corrected chi connectivity index (χ3v) is 4.49. The predicted molar refractivity (Wildman–Crippen MR) is 99.7 cm³/mol. The van der Waals surface area contributed by atoms with Gasteiger partial charge >= 0.3 is 0 Å². The molecule has 26 heavy (non-hydrogen) atoms.